The van der Waals surface area contributed by atoms with E-state index in [-0.39, 0.29) is 23.5 Å². The fourth-order valence-corrected chi connectivity index (χ4v) is 6.19. The van der Waals surface area contributed by atoms with Crippen LogP contribution in [0.5, 0.6) is 5.75 Å². The lowest BCUT2D eigenvalue weighted by molar-refractivity contribution is -0.687. The van der Waals surface area contributed by atoms with Crippen molar-refractivity contribution in [1.82, 2.24) is 4.57 Å². The summed E-state index contributed by atoms with van der Waals surface area (Å²) < 4.78 is 41.6. The van der Waals surface area contributed by atoms with Gasteiger partial charge in [-0.15, -0.1) is 0 Å². The van der Waals surface area contributed by atoms with Gasteiger partial charge in [-0.3, -0.25) is 14.3 Å². The maximum atomic E-state index is 11.1. The third-order valence-electron chi connectivity index (χ3n) is 8.24. The van der Waals surface area contributed by atoms with Crippen LogP contribution in [0.3, 0.4) is 0 Å². The summed E-state index contributed by atoms with van der Waals surface area (Å²) in [6.45, 7) is 4.19. The Hall–Kier alpha value is -5.12. The predicted molar refractivity (Wildman–Crippen MR) is 188 cm³/mol. The molecule has 1 unspecified atom stereocenters. The van der Waals surface area contributed by atoms with E-state index in [0.29, 0.717) is 43.9 Å². The number of hydrogen-bond donors (Lipinski definition) is 1. The van der Waals surface area contributed by atoms with Crippen molar-refractivity contribution < 1.29 is 31.6 Å². The van der Waals surface area contributed by atoms with Crippen LogP contribution in [0.2, 0.25) is 0 Å². The van der Waals surface area contributed by atoms with E-state index in [2.05, 4.69) is 23.2 Å². The number of nitrogens with two attached hydrogens (primary N) is 1. The van der Waals surface area contributed by atoms with Gasteiger partial charge in [0, 0.05) is 17.7 Å². The normalized spacial score (nSPS) is 13.6. The molecule has 268 valence electrons. The molecule has 1 fully saturated rings. The maximum Gasteiger partial charge on any atom is 0.333 e. The van der Waals surface area contributed by atoms with Gasteiger partial charge >= 0.3 is 10.3 Å². The van der Waals surface area contributed by atoms with Crippen LogP contribution >= 0.6 is 0 Å². The second-order valence-corrected chi connectivity index (χ2v) is 13.4. The van der Waals surface area contributed by atoms with Gasteiger partial charge in [0.15, 0.2) is 0 Å². The predicted octanol–water partition coefficient (Wildman–Crippen LogP) is 5.80. The molecule has 1 aliphatic rings. The molecule has 1 heterocycles. The van der Waals surface area contributed by atoms with Gasteiger partial charge in [0.2, 0.25) is 6.33 Å². The first-order valence-electron chi connectivity index (χ1n) is 16.8. The Morgan fingerprint density at radius 3 is 2.37 bits per heavy atom. The first-order chi connectivity index (χ1) is 24.6. The minimum absolute atomic E-state index is 0.102. The molecular weight excluding hydrogens is 673 g/mol. The van der Waals surface area contributed by atoms with Gasteiger partial charge in [0.05, 0.1) is 47.5 Å². The summed E-state index contributed by atoms with van der Waals surface area (Å²) in [5.41, 5.74) is 3.62. The molecule has 0 amide bonds. The second-order valence-electron chi connectivity index (χ2n) is 12.2. The summed E-state index contributed by atoms with van der Waals surface area (Å²) >= 11 is 0. The van der Waals surface area contributed by atoms with Crippen molar-refractivity contribution in [3.05, 3.63) is 123 Å². The molecule has 0 bridgehead atoms. The number of non-ortho nitro benzene ring substituents is 1. The van der Waals surface area contributed by atoms with Gasteiger partial charge < -0.3 is 9.47 Å². The van der Waals surface area contributed by atoms with Gasteiger partial charge in [0.25, 0.3) is 5.69 Å². The lowest BCUT2D eigenvalue weighted by atomic mass is 9.98. The van der Waals surface area contributed by atoms with E-state index in [0.717, 1.165) is 49.0 Å². The number of rotatable bonds is 15. The molecule has 14 heteroatoms. The molecule has 1 aliphatic carbocycles. The van der Waals surface area contributed by atoms with Crippen LogP contribution in [0.4, 0.5) is 5.69 Å². The highest BCUT2D eigenvalue weighted by Gasteiger charge is 2.20. The van der Waals surface area contributed by atoms with Crippen molar-refractivity contribution in [3.63, 3.8) is 0 Å². The van der Waals surface area contributed by atoms with E-state index in [1.54, 1.807) is 6.07 Å². The van der Waals surface area contributed by atoms with Crippen LogP contribution in [-0.4, -0.2) is 37.2 Å². The standard InChI is InChI=1S/C31H30N5O4.C6H13NO3S/c1-2-16-39-30-11-8-26(9-12-30)31(40-17-13-24-3-5-25(19-32)6-4-24)22-35-15-14-34(23-35)21-27-7-10-29(36(37)38)18-28(27)20-33;7-11(8,9)10-6-4-2-1-3-5-6/h3-12,14-15,18,23,31H,2,13,16-17,21-22H2,1H3;6H,1-5H2,(H2,7,8,9)/q+1;. The van der Waals surface area contributed by atoms with Crippen LogP contribution in [0, 0.1) is 32.8 Å². The third-order valence-corrected chi connectivity index (χ3v) is 8.78. The summed E-state index contributed by atoms with van der Waals surface area (Å²) in [6, 6.07) is 24.0. The number of nitro benzene ring substituents is 1. The molecule has 5 rings (SSSR count). The Morgan fingerprint density at radius 2 is 1.75 bits per heavy atom. The van der Waals surface area contributed by atoms with E-state index in [1.807, 2.05) is 76.4 Å². The molecule has 3 aromatic carbocycles. The molecule has 0 saturated heterocycles. The molecule has 13 nitrogen and oxygen atoms in total. The fraction of sp³-hybridized carbons (Fsp3) is 0.378. The lowest BCUT2D eigenvalue weighted by Crippen LogP contribution is -2.32. The SMILES string of the molecule is CCCOc1ccc(C(Cn2cc[n+](Cc3ccc([N+](=O)[O-])cc3C#N)c2)OCCc2ccc(C#N)cc2)cc1.NS(=O)(=O)OC1CCCCC1. The maximum absolute atomic E-state index is 11.1. The Morgan fingerprint density at radius 1 is 1.02 bits per heavy atom. The summed E-state index contributed by atoms with van der Waals surface area (Å²) in [7, 11) is -3.72. The molecule has 0 aliphatic heterocycles. The Bertz CT molecular complexity index is 1910. The quantitative estimate of drug-likeness (QED) is 0.0901. The van der Waals surface area contributed by atoms with Gasteiger partial charge in [-0.1, -0.05) is 50.5 Å². The van der Waals surface area contributed by atoms with Crippen molar-refractivity contribution in [2.45, 2.75) is 77.2 Å². The zero-order valence-electron chi connectivity index (χ0n) is 28.6. The molecule has 0 radical (unpaired) electrons. The van der Waals surface area contributed by atoms with Gasteiger partial charge in [-0.25, -0.2) is 14.3 Å². The fourth-order valence-electron chi connectivity index (χ4n) is 5.62. The topological polar surface area (TPSA) is 187 Å². The van der Waals surface area contributed by atoms with Gasteiger partial charge in [0.1, 0.15) is 37.3 Å². The number of nitro groups is 1. The van der Waals surface area contributed by atoms with Crippen molar-refractivity contribution in [2.75, 3.05) is 13.2 Å². The molecule has 2 N–H and O–H groups in total. The van der Waals surface area contributed by atoms with E-state index >= 15 is 0 Å². The highest BCUT2D eigenvalue weighted by molar-refractivity contribution is 7.84. The number of nitrogens with zero attached hydrogens (tertiary/aromatic N) is 5. The van der Waals surface area contributed by atoms with E-state index < -0.39 is 15.2 Å². The van der Waals surface area contributed by atoms with Crippen LogP contribution < -0.4 is 14.4 Å². The third kappa shape index (κ3) is 12.9. The van der Waals surface area contributed by atoms with E-state index in [1.165, 1.54) is 18.6 Å². The van der Waals surface area contributed by atoms with E-state index in [4.69, 9.17) is 19.9 Å². The Labute approximate surface area is 298 Å². The number of aromatic nitrogens is 2. The molecule has 1 atom stereocenters. The largest absolute Gasteiger partial charge is 0.494 e. The first-order valence-corrected chi connectivity index (χ1v) is 18.3. The highest BCUT2D eigenvalue weighted by Crippen LogP contribution is 2.24. The Kier molecular flexibility index (Phi) is 14.7. The number of imidazole rings is 1. The molecule has 1 aromatic heterocycles. The molecule has 1 saturated carbocycles. The monoisotopic (exact) mass is 715 g/mol. The summed E-state index contributed by atoms with van der Waals surface area (Å²) in [6.07, 6.45) is 11.9. The average Bonchev–Trinajstić information content (AvgIpc) is 3.57. The zero-order chi connectivity index (χ0) is 36.6. The minimum Gasteiger partial charge on any atom is -0.494 e. The second kappa shape index (κ2) is 19.3. The van der Waals surface area contributed by atoms with Crippen molar-refractivity contribution in [2.24, 2.45) is 5.14 Å². The minimum atomic E-state index is -3.72. The summed E-state index contributed by atoms with van der Waals surface area (Å²) in [4.78, 5) is 10.6. The number of ether oxygens (including phenoxy) is 2. The lowest BCUT2D eigenvalue weighted by Gasteiger charge is -2.19. The van der Waals surface area contributed by atoms with E-state index in [9.17, 15) is 23.8 Å². The molecular formula is C37H43N6O7S+. The molecule has 4 aromatic rings. The van der Waals surface area contributed by atoms with Gasteiger partial charge in [-0.05, 0) is 67.1 Å². The highest BCUT2D eigenvalue weighted by atomic mass is 32.2. The van der Waals surface area contributed by atoms with Gasteiger partial charge in [-0.2, -0.15) is 18.9 Å². The molecule has 0 spiro atoms. The van der Waals surface area contributed by atoms with Crippen molar-refractivity contribution >= 4 is 16.0 Å². The van der Waals surface area contributed by atoms with Crippen molar-refractivity contribution in [1.29, 1.82) is 10.5 Å². The number of benzene rings is 3. The van der Waals surface area contributed by atoms with Crippen LogP contribution in [0.25, 0.3) is 0 Å². The average molecular weight is 716 g/mol. The first kappa shape index (κ1) is 38.7. The Balaban J connectivity index is 0.000000452. The number of nitriles is 2. The summed E-state index contributed by atoms with van der Waals surface area (Å²) in [5.74, 6) is 0.817. The smallest absolute Gasteiger partial charge is 0.333 e. The van der Waals surface area contributed by atoms with Crippen LogP contribution in [0.15, 0.2) is 85.5 Å². The van der Waals surface area contributed by atoms with Crippen molar-refractivity contribution in [3.8, 4) is 17.9 Å². The van der Waals surface area contributed by atoms with Crippen LogP contribution in [-0.2, 0) is 38.7 Å². The number of hydrogen-bond acceptors (Lipinski definition) is 9. The molecule has 51 heavy (non-hydrogen) atoms. The van der Waals surface area contributed by atoms with Crippen LogP contribution in [0.1, 0.15) is 79.4 Å². The summed E-state index contributed by atoms with van der Waals surface area (Å²) in [5, 5.41) is 34.3. The zero-order valence-corrected chi connectivity index (χ0v) is 29.4.